The fourth-order valence-electron chi connectivity index (χ4n) is 0.231. The van der Waals surface area contributed by atoms with Gasteiger partial charge in [0.15, 0.2) is 0 Å². The van der Waals surface area contributed by atoms with Crippen molar-refractivity contribution in [3.8, 4) is 0 Å². The van der Waals surface area contributed by atoms with Crippen molar-refractivity contribution in [2.45, 2.75) is 6.55 Å². The van der Waals surface area contributed by atoms with Crippen molar-refractivity contribution in [3.63, 3.8) is 0 Å². The van der Waals surface area contributed by atoms with E-state index in [4.69, 9.17) is 5.84 Å². The highest BCUT2D eigenvalue weighted by Crippen LogP contribution is 2.03. The van der Waals surface area contributed by atoms with E-state index in [2.05, 4.69) is 13.2 Å². The molecule has 0 spiro atoms. The second kappa shape index (κ2) is 3.19. The number of rotatable bonds is 3. The van der Waals surface area contributed by atoms with Crippen LogP contribution in [0, 0.1) is 0 Å². The van der Waals surface area contributed by atoms with Crippen LogP contribution in [0.25, 0.3) is 0 Å². The van der Waals surface area contributed by atoms with Crippen LogP contribution >= 0.6 is 0 Å². The normalized spacial score (nSPS) is 9.33. The first-order chi connectivity index (χ1) is 4.09. The Bertz CT molecular complexity index is 122. The van der Waals surface area contributed by atoms with E-state index in [9.17, 15) is 8.78 Å². The topological polar surface area (TPSA) is 29.3 Å². The Morgan fingerprint density at radius 2 is 2.11 bits per heavy atom. The molecule has 0 radical (unpaired) electrons. The number of nitrogens with two attached hydrogens (primary N) is 1. The van der Waals surface area contributed by atoms with Crippen molar-refractivity contribution in [2.24, 2.45) is 5.84 Å². The summed E-state index contributed by atoms with van der Waals surface area (Å²) >= 11 is 0. The molecule has 0 unspecified atom stereocenters. The quantitative estimate of drug-likeness (QED) is 0.271. The van der Waals surface area contributed by atoms with Gasteiger partial charge in [-0.25, -0.2) is 5.84 Å². The molecule has 9 heavy (non-hydrogen) atoms. The van der Waals surface area contributed by atoms with Crippen LogP contribution in [0.5, 0.6) is 0 Å². The average Bonchev–Trinajstić information content (AvgIpc) is 1.84. The van der Waals surface area contributed by atoms with Gasteiger partial charge in [-0.3, -0.25) is 5.01 Å². The van der Waals surface area contributed by atoms with Crippen molar-refractivity contribution < 1.29 is 8.78 Å². The van der Waals surface area contributed by atoms with Gasteiger partial charge in [-0.15, -0.1) is 0 Å². The average molecular weight is 134 g/mol. The predicted octanol–water partition coefficient (Wildman–Crippen LogP) is 1.08. The van der Waals surface area contributed by atoms with Crippen molar-refractivity contribution in [3.05, 3.63) is 24.9 Å². The molecule has 0 aliphatic heterocycles. The molecule has 4 heteroatoms. The summed E-state index contributed by atoms with van der Waals surface area (Å²) in [4.78, 5) is 0. The molecule has 52 valence electrons. The van der Waals surface area contributed by atoms with Crippen LogP contribution in [0.1, 0.15) is 0 Å². The van der Waals surface area contributed by atoms with Crippen LogP contribution in [-0.4, -0.2) is 11.6 Å². The summed E-state index contributed by atoms with van der Waals surface area (Å²) in [7, 11) is 0. The molecule has 0 atom stereocenters. The fraction of sp³-hybridized carbons (Fsp3) is 0.200. The molecule has 0 saturated heterocycles. The molecule has 0 rings (SSSR count). The van der Waals surface area contributed by atoms with Crippen molar-refractivity contribution in [2.75, 3.05) is 0 Å². The van der Waals surface area contributed by atoms with Crippen molar-refractivity contribution in [1.29, 1.82) is 0 Å². The number of hydrogen-bond acceptors (Lipinski definition) is 2. The maximum atomic E-state index is 11.6. The molecule has 0 aromatic carbocycles. The number of allylic oxidation sites excluding steroid dienone is 1. The van der Waals surface area contributed by atoms with Crippen LogP contribution in [0.3, 0.4) is 0 Å². The van der Waals surface area contributed by atoms with Crippen LogP contribution in [-0.2, 0) is 0 Å². The number of nitrogens with zero attached hydrogens (tertiary/aromatic N) is 1. The first kappa shape index (κ1) is 8.10. The number of hydrogen-bond donors (Lipinski definition) is 1. The van der Waals surface area contributed by atoms with Crippen molar-refractivity contribution in [1.82, 2.24) is 5.01 Å². The molecule has 0 amide bonds. The molecular weight excluding hydrogens is 126 g/mol. The standard InChI is InChI=1S/C5H8F2N2/c1-3-4(2)9(8)5(6)7/h3,5H,1-2,8H2. The van der Waals surface area contributed by atoms with Gasteiger partial charge >= 0.3 is 6.55 Å². The Labute approximate surface area is 52.2 Å². The molecule has 2 N–H and O–H groups in total. The minimum atomic E-state index is -2.71. The molecule has 0 bridgehead atoms. The summed E-state index contributed by atoms with van der Waals surface area (Å²) in [5, 5.41) is 0.243. The van der Waals surface area contributed by atoms with Crippen LogP contribution in [0.2, 0.25) is 0 Å². The minimum Gasteiger partial charge on any atom is -0.252 e. The fourth-order valence-corrected chi connectivity index (χ4v) is 0.231. The van der Waals surface area contributed by atoms with Gasteiger partial charge in [0, 0.05) is 5.70 Å². The van der Waals surface area contributed by atoms with Crippen LogP contribution in [0.15, 0.2) is 24.9 Å². The van der Waals surface area contributed by atoms with Crippen molar-refractivity contribution >= 4 is 0 Å². The monoisotopic (exact) mass is 134 g/mol. The highest BCUT2D eigenvalue weighted by Gasteiger charge is 2.09. The Balaban J connectivity index is 3.87. The van der Waals surface area contributed by atoms with Gasteiger partial charge in [0.05, 0.1) is 0 Å². The second-order valence-corrected chi connectivity index (χ2v) is 1.38. The SMILES string of the molecule is C=CC(=C)N(N)C(F)F. The summed E-state index contributed by atoms with van der Waals surface area (Å²) in [6.45, 7) is 3.69. The first-order valence-electron chi connectivity index (χ1n) is 2.23. The molecular formula is C5H8F2N2. The summed E-state index contributed by atoms with van der Waals surface area (Å²) in [6.07, 6.45) is 1.16. The lowest BCUT2D eigenvalue weighted by molar-refractivity contribution is -0.000737. The van der Waals surface area contributed by atoms with E-state index in [1.807, 2.05) is 0 Å². The lowest BCUT2D eigenvalue weighted by Crippen LogP contribution is -2.33. The van der Waals surface area contributed by atoms with Gasteiger partial charge in [0.1, 0.15) is 0 Å². The van der Waals surface area contributed by atoms with E-state index in [1.165, 1.54) is 0 Å². The number of halogens is 2. The van der Waals surface area contributed by atoms with Gasteiger partial charge in [0.25, 0.3) is 0 Å². The van der Waals surface area contributed by atoms with E-state index >= 15 is 0 Å². The third-order valence-electron chi connectivity index (χ3n) is 0.778. The minimum absolute atomic E-state index is 0.00463. The molecule has 0 fully saturated rings. The zero-order chi connectivity index (χ0) is 7.44. The summed E-state index contributed by atoms with van der Waals surface area (Å²) in [5.41, 5.74) is 0.00463. The van der Waals surface area contributed by atoms with Crippen LogP contribution < -0.4 is 5.84 Å². The van der Waals surface area contributed by atoms with Gasteiger partial charge in [-0.1, -0.05) is 13.2 Å². The molecule has 0 aliphatic carbocycles. The number of alkyl halides is 2. The van der Waals surface area contributed by atoms with Gasteiger partial charge in [0.2, 0.25) is 0 Å². The molecule has 2 nitrogen and oxygen atoms in total. The van der Waals surface area contributed by atoms with Gasteiger partial charge in [-0.05, 0) is 6.08 Å². The summed E-state index contributed by atoms with van der Waals surface area (Å²) in [6, 6.07) is 0. The highest BCUT2D eigenvalue weighted by molar-refractivity contribution is 5.07. The van der Waals surface area contributed by atoms with Gasteiger partial charge in [-0.2, -0.15) is 8.78 Å². The molecule has 0 aromatic heterocycles. The Kier molecular flexibility index (Phi) is 2.87. The second-order valence-electron chi connectivity index (χ2n) is 1.38. The predicted molar refractivity (Wildman–Crippen MR) is 31.4 cm³/mol. The molecule has 0 saturated carbocycles. The lowest BCUT2D eigenvalue weighted by atomic mass is 10.5. The summed E-state index contributed by atoms with van der Waals surface area (Å²) in [5.74, 6) is 4.78. The molecule has 0 aromatic rings. The smallest absolute Gasteiger partial charge is 0.252 e. The third-order valence-corrected chi connectivity index (χ3v) is 0.778. The van der Waals surface area contributed by atoms with Gasteiger partial charge < -0.3 is 0 Å². The van der Waals surface area contributed by atoms with E-state index < -0.39 is 6.55 Å². The third kappa shape index (κ3) is 2.23. The largest absolute Gasteiger partial charge is 0.328 e. The maximum absolute atomic E-state index is 11.6. The lowest BCUT2D eigenvalue weighted by Gasteiger charge is -2.15. The Morgan fingerprint density at radius 3 is 2.22 bits per heavy atom. The van der Waals surface area contributed by atoms with E-state index in [0.29, 0.717) is 0 Å². The van der Waals surface area contributed by atoms with E-state index in [0.717, 1.165) is 6.08 Å². The zero-order valence-corrected chi connectivity index (χ0v) is 4.85. The highest BCUT2D eigenvalue weighted by atomic mass is 19.3. The maximum Gasteiger partial charge on any atom is 0.328 e. The van der Waals surface area contributed by atoms with E-state index in [-0.39, 0.29) is 10.7 Å². The Hall–Kier alpha value is -0.900. The zero-order valence-electron chi connectivity index (χ0n) is 4.85. The summed E-state index contributed by atoms with van der Waals surface area (Å²) < 4.78 is 23.1. The number of hydrazine groups is 1. The van der Waals surface area contributed by atoms with E-state index in [1.54, 1.807) is 0 Å². The molecule has 0 heterocycles. The first-order valence-corrected chi connectivity index (χ1v) is 2.23. The Morgan fingerprint density at radius 1 is 1.67 bits per heavy atom. The van der Waals surface area contributed by atoms with Crippen LogP contribution in [0.4, 0.5) is 8.78 Å². The molecule has 0 aliphatic rings.